The van der Waals surface area contributed by atoms with Crippen molar-refractivity contribution in [2.24, 2.45) is 5.92 Å². The number of benzene rings is 1. The number of nitrogens with zero attached hydrogens (tertiary/aromatic N) is 1. The molecule has 0 radical (unpaired) electrons. The Kier molecular flexibility index (Phi) is 6.95. The summed E-state index contributed by atoms with van der Waals surface area (Å²) in [6.45, 7) is 13.3. The van der Waals surface area contributed by atoms with E-state index in [9.17, 15) is 4.79 Å². The molecule has 2 atom stereocenters. The summed E-state index contributed by atoms with van der Waals surface area (Å²) in [4.78, 5) is 16.0. The normalized spacial score (nSPS) is 14.4. The minimum atomic E-state index is -2.03. The number of hydrogen-bond donors (Lipinski definition) is 0. The highest BCUT2D eigenvalue weighted by atomic mass is 28.4. The minimum absolute atomic E-state index is 0.0621. The zero-order valence-electron chi connectivity index (χ0n) is 17.2. The largest absolute Gasteiger partial charge is 0.487 e. The summed E-state index contributed by atoms with van der Waals surface area (Å²) < 4.78 is 12.3. The summed E-state index contributed by atoms with van der Waals surface area (Å²) in [5.74, 6) is 0.440. The van der Waals surface area contributed by atoms with E-state index in [4.69, 9.17) is 9.16 Å². The van der Waals surface area contributed by atoms with Crippen molar-refractivity contribution < 1.29 is 14.0 Å². The van der Waals surface area contributed by atoms with Crippen LogP contribution < -0.4 is 4.74 Å². The van der Waals surface area contributed by atoms with Crippen LogP contribution in [0, 0.1) is 5.92 Å². The van der Waals surface area contributed by atoms with Gasteiger partial charge in [-0.05, 0) is 35.8 Å². The van der Waals surface area contributed by atoms with Gasteiger partial charge < -0.3 is 14.0 Å². The molecule has 0 unspecified atom stereocenters. The molecule has 5 heteroatoms. The maximum Gasteiger partial charge on any atom is 0.193 e. The van der Waals surface area contributed by atoms with Crippen molar-refractivity contribution in [3.05, 3.63) is 59.9 Å². The van der Waals surface area contributed by atoms with Gasteiger partial charge in [0.25, 0.3) is 0 Å². The van der Waals surface area contributed by atoms with E-state index < -0.39 is 8.32 Å². The SMILES string of the molecule is C[C@H](C=O)[C@H](O[Si](C)(C)C(C)(C)C)c1ccc(OCc2ccccc2)cn1. The molecule has 27 heavy (non-hydrogen) atoms. The fourth-order valence-electron chi connectivity index (χ4n) is 2.39. The van der Waals surface area contributed by atoms with Crippen molar-refractivity contribution in [2.45, 2.75) is 58.5 Å². The van der Waals surface area contributed by atoms with Crippen LogP contribution in [0.1, 0.15) is 45.1 Å². The van der Waals surface area contributed by atoms with Crippen LogP contribution in [0.25, 0.3) is 0 Å². The van der Waals surface area contributed by atoms with E-state index in [0.29, 0.717) is 12.4 Å². The Balaban J connectivity index is 2.13. The van der Waals surface area contributed by atoms with Crippen LogP contribution in [-0.4, -0.2) is 19.6 Å². The summed E-state index contributed by atoms with van der Waals surface area (Å²) in [6, 6.07) is 13.8. The molecule has 2 rings (SSSR count). The van der Waals surface area contributed by atoms with Crippen molar-refractivity contribution in [1.29, 1.82) is 0 Å². The highest BCUT2D eigenvalue weighted by Gasteiger charge is 2.40. The Bertz CT molecular complexity index is 723. The van der Waals surface area contributed by atoms with Gasteiger partial charge in [-0.15, -0.1) is 0 Å². The van der Waals surface area contributed by atoms with Gasteiger partial charge in [0.15, 0.2) is 8.32 Å². The average Bonchev–Trinajstić information content (AvgIpc) is 2.64. The van der Waals surface area contributed by atoms with E-state index in [1.165, 1.54) is 0 Å². The standard InChI is InChI=1S/C22H31NO3Si/c1-17(15-24)21(26-27(5,6)22(2,3)4)20-13-12-19(14-23-20)25-16-18-10-8-7-9-11-18/h7-15,17,21H,16H2,1-6H3/t17-,21+/m1/s1. The highest BCUT2D eigenvalue weighted by molar-refractivity contribution is 6.74. The number of carbonyl (C=O) groups is 1. The second-order valence-electron chi connectivity index (χ2n) is 8.49. The first-order valence-electron chi connectivity index (χ1n) is 9.40. The summed E-state index contributed by atoms with van der Waals surface area (Å²) in [5, 5.41) is 0.0621. The zero-order valence-corrected chi connectivity index (χ0v) is 18.2. The van der Waals surface area contributed by atoms with Crippen LogP contribution in [-0.2, 0) is 15.8 Å². The Morgan fingerprint density at radius 3 is 2.30 bits per heavy atom. The summed E-state index contributed by atoms with van der Waals surface area (Å²) in [7, 11) is -2.03. The lowest BCUT2D eigenvalue weighted by molar-refractivity contribution is -0.113. The van der Waals surface area contributed by atoms with E-state index >= 15 is 0 Å². The number of pyridine rings is 1. The third kappa shape index (κ3) is 5.74. The molecule has 0 spiro atoms. The van der Waals surface area contributed by atoms with Gasteiger partial charge in [-0.25, -0.2) is 0 Å². The van der Waals surface area contributed by atoms with Gasteiger partial charge in [0.1, 0.15) is 18.6 Å². The molecule has 2 aromatic rings. The van der Waals surface area contributed by atoms with Crippen LogP contribution in [0.2, 0.25) is 18.1 Å². The first-order valence-corrected chi connectivity index (χ1v) is 12.3. The molecule has 1 heterocycles. The number of carbonyl (C=O) groups excluding carboxylic acids is 1. The predicted molar refractivity (Wildman–Crippen MR) is 111 cm³/mol. The van der Waals surface area contributed by atoms with E-state index in [0.717, 1.165) is 17.5 Å². The summed E-state index contributed by atoms with van der Waals surface area (Å²) in [6.07, 6.45) is 2.31. The lowest BCUT2D eigenvalue weighted by Gasteiger charge is -2.40. The summed E-state index contributed by atoms with van der Waals surface area (Å²) in [5.41, 5.74) is 1.88. The number of hydrogen-bond acceptors (Lipinski definition) is 4. The summed E-state index contributed by atoms with van der Waals surface area (Å²) >= 11 is 0. The third-order valence-electron chi connectivity index (χ3n) is 5.22. The molecule has 0 aliphatic rings. The third-order valence-corrected chi connectivity index (χ3v) is 9.67. The number of aromatic nitrogens is 1. The molecule has 146 valence electrons. The first-order chi connectivity index (χ1) is 12.6. The minimum Gasteiger partial charge on any atom is -0.487 e. The average molecular weight is 386 g/mol. The number of rotatable bonds is 8. The first kappa shape index (κ1) is 21.3. The Morgan fingerprint density at radius 1 is 1.11 bits per heavy atom. The maximum absolute atomic E-state index is 11.5. The van der Waals surface area contributed by atoms with Gasteiger partial charge in [-0.3, -0.25) is 4.98 Å². The van der Waals surface area contributed by atoms with Gasteiger partial charge in [-0.2, -0.15) is 0 Å². The molecule has 0 fully saturated rings. The molecule has 1 aromatic carbocycles. The lowest BCUT2D eigenvalue weighted by Crippen LogP contribution is -2.43. The van der Waals surface area contributed by atoms with Crippen molar-refractivity contribution in [3.63, 3.8) is 0 Å². The van der Waals surface area contributed by atoms with E-state index in [1.54, 1.807) is 6.20 Å². The van der Waals surface area contributed by atoms with Crippen molar-refractivity contribution in [2.75, 3.05) is 0 Å². The van der Waals surface area contributed by atoms with Crippen LogP contribution in [0.5, 0.6) is 5.75 Å². The van der Waals surface area contributed by atoms with Crippen molar-refractivity contribution in [1.82, 2.24) is 4.98 Å². The molecular weight excluding hydrogens is 354 g/mol. The van der Waals surface area contributed by atoms with Crippen molar-refractivity contribution in [3.8, 4) is 5.75 Å². The number of aldehydes is 1. The van der Waals surface area contributed by atoms with Crippen LogP contribution in [0.3, 0.4) is 0 Å². The fourth-order valence-corrected chi connectivity index (χ4v) is 3.71. The highest BCUT2D eigenvalue weighted by Crippen LogP contribution is 2.41. The van der Waals surface area contributed by atoms with Gasteiger partial charge in [0, 0.05) is 5.92 Å². The van der Waals surface area contributed by atoms with Gasteiger partial charge in [-0.1, -0.05) is 58.0 Å². The molecule has 0 N–H and O–H groups in total. The lowest BCUT2D eigenvalue weighted by atomic mass is 10.0. The van der Waals surface area contributed by atoms with Gasteiger partial charge in [0.05, 0.1) is 18.0 Å². The van der Waals surface area contributed by atoms with E-state index in [-0.39, 0.29) is 17.1 Å². The second-order valence-corrected chi connectivity index (χ2v) is 13.2. The van der Waals surface area contributed by atoms with Gasteiger partial charge in [0.2, 0.25) is 0 Å². The molecule has 0 amide bonds. The molecule has 4 nitrogen and oxygen atoms in total. The monoisotopic (exact) mass is 385 g/mol. The quantitative estimate of drug-likeness (QED) is 0.441. The van der Waals surface area contributed by atoms with Crippen LogP contribution in [0.15, 0.2) is 48.7 Å². The van der Waals surface area contributed by atoms with E-state index in [2.05, 4.69) is 38.8 Å². The fraction of sp³-hybridized carbons (Fsp3) is 0.455. The van der Waals surface area contributed by atoms with Crippen molar-refractivity contribution >= 4 is 14.6 Å². The van der Waals surface area contributed by atoms with Crippen LogP contribution >= 0.6 is 0 Å². The van der Waals surface area contributed by atoms with Crippen LogP contribution in [0.4, 0.5) is 0 Å². The Morgan fingerprint density at radius 2 is 1.78 bits per heavy atom. The zero-order chi connectivity index (χ0) is 20.1. The predicted octanol–water partition coefficient (Wildman–Crippen LogP) is 5.56. The number of ether oxygens (including phenoxy) is 1. The van der Waals surface area contributed by atoms with E-state index in [1.807, 2.05) is 49.4 Å². The molecule has 0 aliphatic carbocycles. The maximum atomic E-state index is 11.5. The molecular formula is C22H31NO3Si. The Labute approximate surface area is 164 Å². The molecule has 0 aliphatic heterocycles. The topological polar surface area (TPSA) is 48.4 Å². The second kappa shape index (κ2) is 8.80. The molecule has 1 aromatic heterocycles. The Hall–Kier alpha value is -1.98. The smallest absolute Gasteiger partial charge is 0.193 e. The molecule has 0 saturated heterocycles. The van der Waals surface area contributed by atoms with Gasteiger partial charge >= 0.3 is 0 Å². The molecule has 0 bridgehead atoms. The molecule has 0 saturated carbocycles.